The van der Waals surface area contributed by atoms with Gasteiger partial charge in [0, 0.05) is 7.11 Å². The van der Waals surface area contributed by atoms with E-state index in [9.17, 15) is 0 Å². The van der Waals surface area contributed by atoms with Crippen LogP contribution in [0.15, 0.2) is 0 Å². The van der Waals surface area contributed by atoms with Crippen molar-refractivity contribution in [1.82, 2.24) is 0 Å². The summed E-state index contributed by atoms with van der Waals surface area (Å²) >= 11 is 0. The molecule has 0 aromatic carbocycles. The Kier molecular flexibility index (Phi) is 2.49. The number of aliphatic hydroxyl groups excluding tert-OH is 1. The predicted molar refractivity (Wildman–Crippen MR) is 37.9 cm³/mol. The summed E-state index contributed by atoms with van der Waals surface area (Å²) in [5, 5.41) is 8.81. The molecule has 66 valence electrons. The molecule has 1 heterocycles. The fourth-order valence-corrected chi connectivity index (χ4v) is 1.13. The van der Waals surface area contributed by atoms with Crippen LogP contribution in [0.4, 0.5) is 0 Å². The van der Waals surface area contributed by atoms with Gasteiger partial charge in [0.25, 0.3) is 0 Å². The molecule has 1 N–H and O–H groups in total. The van der Waals surface area contributed by atoms with E-state index in [4.69, 9.17) is 19.3 Å². The maximum absolute atomic E-state index is 8.81. The molecular formula is C7H14O4. The predicted octanol–water partition coefficient (Wildman–Crippen LogP) is 0.103. The Morgan fingerprint density at radius 2 is 2.09 bits per heavy atom. The lowest BCUT2D eigenvalue weighted by atomic mass is 10.4. The summed E-state index contributed by atoms with van der Waals surface area (Å²) in [6.45, 7) is 3.49. The lowest BCUT2D eigenvalue weighted by Gasteiger charge is -2.15. The number of ether oxygens (including phenoxy) is 3. The van der Waals surface area contributed by atoms with E-state index in [1.165, 1.54) is 7.11 Å². The summed E-state index contributed by atoms with van der Waals surface area (Å²) in [5.74, 6) is -0.645. The van der Waals surface area contributed by atoms with Crippen LogP contribution in [0.25, 0.3) is 0 Å². The van der Waals surface area contributed by atoms with Crippen molar-refractivity contribution in [2.75, 3.05) is 13.7 Å². The van der Waals surface area contributed by atoms with E-state index in [2.05, 4.69) is 0 Å². The summed E-state index contributed by atoms with van der Waals surface area (Å²) in [6, 6.07) is 0. The molecule has 11 heavy (non-hydrogen) atoms. The molecule has 0 spiro atoms. The smallest absolute Gasteiger partial charge is 0.189 e. The third-order valence-corrected chi connectivity index (χ3v) is 1.55. The van der Waals surface area contributed by atoms with Crippen LogP contribution in [0.1, 0.15) is 13.8 Å². The zero-order valence-electron chi connectivity index (χ0n) is 7.03. The number of methoxy groups -OCH3 is 1. The van der Waals surface area contributed by atoms with E-state index < -0.39 is 12.1 Å². The molecule has 0 unspecified atom stereocenters. The van der Waals surface area contributed by atoms with E-state index >= 15 is 0 Å². The topological polar surface area (TPSA) is 47.9 Å². The van der Waals surface area contributed by atoms with Gasteiger partial charge in [-0.2, -0.15) is 0 Å². The molecule has 1 rings (SSSR count). The number of rotatable bonds is 2. The van der Waals surface area contributed by atoms with Gasteiger partial charge in [0.1, 0.15) is 6.10 Å². The molecule has 1 saturated heterocycles. The Hall–Kier alpha value is -0.160. The van der Waals surface area contributed by atoms with Gasteiger partial charge in [0.05, 0.1) is 6.61 Å². The van der Waals surface area contributed by atoms with E-state index in [-0.39, 0.29) is 12.7 Å². The van der Waals surface area contributed by atoms with Gasteiger partial charge in [-0.25, -0.2) is 0 Å². The van der Waals surface area contributed by atoms with Crippen molar-refractivity contribution >= 4 is 0 Å². The standard InChI is InChI=1S/C7H14O4/c1-7(2)10-5(4-8)6(9-3)11-7/h5-6,8H,4H2,1-3H3/t5-,6-/m1/s1. The Labute approximate surface area is 66.1 Å². The summed E-state index contributed by atoms with van der Waals surface area (Å²) < 4.78 is 15.5. The molecule has 0 aromatic rings. The molecule has 0 aromatic heterocycles. The Morgan fingerprint density at radius 1 is 1.45 bits per heavy atom. The Balaban J connectivity index is 2.55. The minimum atomic E-state index is -0.645. The molecule has 1 aliphatic heterocycles. The van der Waals surface area contributed by atoms with Crippen LogP contribution in [-0.2, 0) is 14.2 Å². The lowest BCUT2D eigenvalue weighted by molar-refractivity contribution is -0.182. The van der Waals surface area contributed by atoms with Crippen molar-refractivity contribution in [2.45, 2.75) is 32.0 Å². The highest BCUT2D eigenvalue weighted by atomic mass is 16.8. The van der Waals surface area contributed by atoms with Gasteiger partial charge in [0.15, 0.2) is 12.1 Å². The van der Waals surface area contributed by atoms with Crippen LogP contribution in [0.3, 0.4) is 0 Å². The molecule has 0 radical (unpaired) electrons. The first kappa shape index (κ1) is 8.93. The third-order valence-electron chi connectivity index (χ3n) is 1.55. The fraction of sp³-hybridized carbons (Fsp3) is 1.00. The first-order chi connectivity index (χ1) is 5.09. The van der Waals surface area contributed by atoms with Crippen molar-refractivity contribution in [3.63, 3.8) is 0 Å². The number of aliphatic hydroxyl groups is 1. The summed E-state index contributed by atoms with van der Waals surface area (Å²) in [6.07, 6.45) is -0.815. The zero-order chi connectivity index (χ0) is 8.48. The quantitative estimate of drug-likeness (QED) is 0.625. The van der Waals surface area contributed by atoms with Gasteiger partial charge >= 0.3 is 0 Å². The highest BCUT2D eigenvalue weighted by Crippen LogP contribution is 2.27. The van der Waals surface area contributed by atoms with Crippen LogP contribution in [0, 0.1) is 0 Å². The number of hydrogen-bond acceptors (Lipinski definition) is 4. The summed E-state index contributed by atoms with van der Waals surface area (Å²) in [5.41, 5.74) is 0. The van der Waals surface area contributed by atoms with E-state index in [1.54, 1.807) is 13.8 Å². The van der Waals surface area contributed by atoms with Gasteiger partial charge in [-0.15, -0.1) is 0 Å². The minimum absolute atomic E-state index is 0.0814. The fourth-order valence-electron chi connectivity index (χ4n) is 1.13. The van der Waals surface area contributed by atoms with Crippen molar-refractivity contribution in [3.8, 4) is 0 Å². The average molecular weight is 162 g/mol. The van der Waals surface area contributed by atoms with Gasteiger partial charge in [-0.1, -0.05) is 0 Å². The lowest BCUT2D eigenvalue weighted by Crippen LogP contribution is -2.27. The van der Waals surface area contributed by atoms with Crippen molar-refractivity contribution in [1.29, 1.82) is 0 Å². The average Bonchev–Trinajstić information content (AvgIpc) is 2.25. The molecule has 1 fully saturated rings. The molecule has 0 aliphatic carbocycles. The van der Waals surface area contributed by atoms with Gasteiger partial charge < -0.3 is 19.3 Å². The number of hydrogen-bond donors (Lipinski definition) is 1. The molecule has 1 aliphatic rings. The SMILES string of the molecule is CO[C@@H]1OC(C)(C)O[C@@H]1CO. The minimum Gasteiger partial charge on any atom is -0.393 e. The van der Waals surface area contributed by atoms with E-state index in [1.807, 2.05) is 0 Å². The molecule has 2 atom stereocenters. The molecular weight excluding hydrogens is 148 g/mol. The highest BCUT2D eigenvalue weighted by molar-refractivity contribution is 4.74. The first-order valence-electron chi connectivity index (χ1n) is 3.58. The van der Waals surface area contributed by atoms with Gasteiger partial charge in [-0.05, 0) is 13.8 Å². The molecule has 0 saturated carbocycles. The second-order valence-electron chi connectivity index (χ2n) is 2.96. The van der Waals surface area contributed by atoms with Gasteiger partial charge in [0.2, 0.25) is 0 Å². The second kappa shape index (κ2) is 3.06. The maximum Gasteiger partial charge on any atom is 0.189 e. The second-order valence-corrected chi connectivity index (χ2v) is 2.96. The molecule has 4 heteroatoms. The third kappa shape index (κ3) is 1.90. The van der Waals surface area contributed by atoms with E-state index in [0.29, 0.717) is 0 Å². The molecule has 0 bridgehead atoms. The van der Waals surface area contributed by atoms with Gasteiger partial charge in [-0.3, -0.25) is 0 Å². The Morgan fingerprint density at radius 3 is 2.45 bits per heavy atom. The first-order valence-corrected chi connectivity index (χ1v) is 3.58. The monoisotopic (exact) mass is 162 g/mol. The maximum atomic E-state index is 8.81. The van der Waals surface area contributed by atoms with Crippen LogP contribution in [0.2, 0.25) is 0 Å². The Bertz CT molecular complexity index is 120. The van der Waals surface area contributed by atoms with Crippen LogP contribution >= 0.6 is 0 Å². The molecule has 0 amide bonds. The van der Waals surface area contributed by atoms with E-state index in [0.717, 1.165) is 0 Å². The zero-order valence-corrected chi connectivity index (χ0v) is 7.03. The summed E-state index contributed by atoms with van der Waals surface area (Å²) in [4.78, 5) is 0. The molecule has 4 nitrogen and oxygen atoms in total. The van der Waals surface area contributed by atoms with Crippen LogP contribution in [0.5, 0.6) is 0 Å². The largest absolute Gasteiger partial charge is 0.393 e. The van der Waals surface area contributed by atoms with Crippen molar-refractivity contribution < 1.29 is 19.3 Å². The normalized spacial score (nSPS) is 36.0. The van der Waals surface area contributed by atoms with Crippen molar-refractivity contribution in [2.24, 2.45) is 0 Å². The van der Waals surface area contributed by atoms with Crippen LogP contribution in [-0.4, -0.2) is 37.0 Å². The van der Waals surface area contributed by atoms with Crippen molar-refractivity contribution in [3.05, 3.63) is 0 Å². The summed E-state index contributed by atoms with van der Waals surface area (Å²) in [7, 11) is 1.53. The van der Waals surface area contributed by atoms with Crippen LogP contribution < -0.4 is 0 Å². The highest BCUT2D eigenvalue weighted by Gasteiger charge is 2.40.